The van der Waals surface area contributed by atoms with E-state index in [4.69, 9.17) is 11.6 Å². The fraction of sp³-hybridized carbons (Fsp3) is 0.300. The van der Waals surface area contributed by atoms with Gasteiger partial charge in [0.15, 0.2) is 0 Å². The first kappa shape index (κ1) is 19.0. The fourth-order valence-electron chi connectivity index (χ4n) is 2.75. The van der Waals surface area contributed by atoms with Gasteiger partial charge in [-0.1, -0.05) is 41.4 Å². The third-order valence-electron chi connectivity index (χ3n) is 3.93. The Labute approximate surface area is 153 Å². The van der Waals surface area contributed by atoms with E-state index < -0.39 is 0 Å². The van der Waals surface area contributed by atoms with Crippen LogP contribution < -0.4 is 10.2 Å². The minimum atomic E-state index is -0.0710. The summed E-state index contributed by atoms with van der Waals surface area (Å²) in [6, 6.07) is 13.3. The van der Waals surface area contributed by atoms with Crippen molar-refractivity contribution in [3.05, 3.63) is 64.2 Å². The molecule has 0 saturated carbocycles. The van der Waals surface area contributed by atoms with E-state index >= 15 is 0 Å². The van der Waals surface area contributed by atoms with E-state index in [1.807, 2.05) is 50.2 Å². The number of anilines is 1. The lowest BCUT2D eigenvalue weighted by atomic mass is 10.1. The van der Waals surface area contributed by atoms with Crippen LogP contribution in [0.5, 0.6) is 0 Å². The molecule has 2 rings (SSSR count). The van der Waals surface area contributed by atoms with E-state index in [9.17, 15) is 9.59 Å². The summed E-state index contributed by atoms with van der Waals surface area (Å²) in [5.41, 5.74) is 3.85. The number of nitrogens with zero attached hydrogens (tertiary/aromatic N) is 1. The Morgan fingerprint density at radius 3 is 2.52 bits per heavy atom. The van der Waals surface area contributed by atoms with Crippen LogP contribution in [0.1, 0.15) is 23.6 Å². The third-order valence-corrected chi connectivity index (χ3v) is 4.17. The zero-order valence-electron chi connectivity index (χ0n) is 14.8. The zero-order valence-corrected chi connectivity index (χ0v) is 15.6. The van der Waals surface area contributed by atoms with Gasteiger partial charge in [0.2, 0.25) is 11.8 Å². The van der Waals surface area contributed by atoms with Crippen molar-refractivity contribution in [2.24, 2.45) is 0 Å². The minimum Gasteiger partial charge on any atom is -0.354 e. The van der Waals surface area contributed by atoms with E-state index in [0.717, 1.165) is 22.4 Å². The first-order valence-corrected chi connectivity index (χ1v) is 8.61. The summed E-state index contributed by atoms with van der Waals surface area (Å²) in [6.07, 6.45) is 0.335. The van der Waals surface area contributed by atoms with Gasteiger partial charge in [-0.3, -0.25) is 9.59 Å². The monoisotopic (exact) mass is 358 g/mol. The molecule has 132 valence electrons. The molecule has 0 aliphatic rings. The summed E-state index contributed by atoms with van der Waals surface area (Å²) in [5, 5.41) is 3.51. The number of amides is 2. The van der Waals surface area contributed by atoms with Gasteiger partial charge < -0.3 is 10.2 Å². The zero-order chi connectivity index (χ0) is 18.4. The highest BCUT2D eigenvalue weighted by Crippen LogP contribution is 2.23. The third kappa shape index (κ3) is 5.61. The minimum absolute atomic E-state index is 0.0538. The highest BCUT2D eigenvalue weighted by Gasteiger charge is 2.14. The quantitative estimate of drug-likeness (QED) is 0.856. The molecule has 0 bridgehead atoms. The Bertz CT molecular complexity index is 774. The van der Waals surface area contributed by atoms with Crippen molar-refractivity contribution in [1.29, 1.82) is 0 Å². The number of rotatable bonds is 6. The van der Waals surface area contributed by atoms with Crippen LogP contribution in [0.3, 0.4) is 0 Å². The molecule has 1 N–H and O–H groups in total. The molecule has 0 unspecified atom stereocenters. The van der Waals surface area contributed by atoms with Gasteiger partial charge in [0.1, 0.15) is 0 Å². The largest absolute Gasteiger partial charge is 0.354 e. The Hall–Kier alpha value is -2.33. The first-order valence-electron chi connectivity index (χ1n) is 8.23. The molecule has 2 amide bonds. The molecule has 0 aliphatic carbocycles. The van der Waals surface area contributed by atoms with Crippen LogP contribution in [-0.4, -0.2) is 24.9 Å². The van der Waals surface area contributed by atoms with Gasteiger partial charge >= 0.3 is 0 Å². The number of aryl methyl sites for hydroxylation is 2. The molecule has 0 heterocycles. The van der Waals surface area contributed by atoms with Crippen LogP contribution >= 0.6 is 11.6 Å². The Morgan fingerprint density at radius 2 is 1.88 bits per heavy atom. The highest BCUT2D eigenvalue weighted by molar-refractivity contribution is 6.30. The molecule has 4 nitrogen and oxygen atoms in total. The number of carbonyl (C=O) groups excluding carboxylic acids is 2. The van der Waals surface area contributed by atoms with Crippen molar-refractivity contribution in [1.82, 2.24) is 5.32 Å². The molecule has 0 aliphatic heterocycles. The summed E-state index contributed by atoms with van der Waals surface area (Å²) in [5.74, 6) is -0.125. The predicted octanol–water partition coefficient (Wildman–Crippen LogP) is 3.67. The highest BCUT2D eigenvalue weighted by atomic mass is 35.5. The van der Waals surface area contributed by atoms with E-state index in [-0.39, 0.29) is 11.8 Å². The summed E-state index contributed by atoms with van der Waals surface area (Å²) in [6.45, 7) is 6.24. The van der Waals surface area contributed by atoms with Crippen LogP contribution in [0.15, 0.2) is 42.5 Å². The lowest BCUT2D eigenvalue weighted by molar-refractivity contribution is -0.121. The maximum atomic E-state index is 12.1. The standard InChI is InChI=1S/C20H23ClN2O2/c1-14-5-4-6-17(11-14)13-20(25)22-9-10-23(16(3)24)19-8-7-18(21)12-15(19)2/h4-8,11-12H,9-10,13H2,1-3H3,(H,22,25). The van der Waals surface area contributed by atoms with Crippen molar-refractivity contribution in [2.45, 2.75) is 27.2 Å². The van der Waals surface area contributed by atoms with E-state index in [1.54, 1.807) is 11.0 Å². The maximum absolute atomic E-state index is 12.1. The van der Waals surface area contributed by atoms with Crippen LogP contribution in [0.4, 0.5) is 5.69 Å². The van der Waals surface area contributed by atoms with Gasteiger partial charge in [0.25, 0.3) is 0 Å². The van der Waals surface area contributed by atoms with Gasteiger partial charge in [0, 0.05) is 30.7 Å². The lowest BCUT2D eigenvalue weighted by Gasteiger charge is -2.23. The molecule has 0 saturated heterocycles. The molecule has 2 aromatic rings. The number of hydrogen-bond acceptors (Lipinski definition) is 2. The van der Waals surface area contributed by atoms with E-state index in [0.29, 0.717) is 24.5 Å². The average molecular weight is 359 g/mol. The summed E-state index contributed by atoms with van der Waals surface area (Å²) >= 11 is 5.97. The van der Waals surface area contributed by atoms with Crippen LogP contribution in [0.2, 0.25) is 5.02 Å². The number of benzene rings is 2. The summed E-state index contributed by atoms with van der Waals surface area (Å²) in [4.78, 5) is 25.7. The number of halogens is 1. The molecule has 25 heavy (non-hydrogen) atoms. The predicted molar refractivity (Wildman–Crippen MR) is 102 cm³/mol. The Balaban J connectivity index is 1.93. The maximum Gasteiger partial charge on any atom is 0.224 e. The second kappa shape index (κ2) is 8.67. The average Bonchev–Trinajstić information content (AvgIpc) is 2.52. The van der Waals surface area contributed by atoms with Crippen molar-refractivity contribution in [2.75, 3.05) is 18.0 Å². The molecule has 0 radical (unpaired) electrons. The molecule has 0 aromatic heterocycles. The fourth-order valence-corrected chi connectivity index (χ4v) is 2.97. The molecule has 0 spiro atoms. The Kier molecular flexibility index (Phi) is 6.59. The molecular formula is C20H23ClN2O2. The second-order valence-corrected chi connectivity index (χ2v) is 6.55. The lowest BCUT2D eigenvalue weighted by Crippen LogP contribution is -2.38. The van der Waals surface area contributed by atoms with Crippen LogP contribution in [0.25, 0.3) is 0 Å². The van der Waals surface area contributed by atoms with E-state index in [2.05, 4.69) is 5.32 Å². The molecule has 0 fully saturated rings. The SMILES string of the molecule is CC(=O)N(CCNC(=O)Cc1cccc(C)c1)c1ccc(Cl)cc1C. The van der Waals surface area contributed by atoms with Gasteiger partial charge in [0.05, 0.1) is 6.42 Å². The molecule has 5 heteroatoms. The molecule has 2 aromatic carbocycles. The van der Waals surface area contributed by atoms with Gasteiger partial charge in [-0.05, 0) is 43.2 Å². The van der Waals surface area contributed by atoms with Gasteiger partial charge in [-0.2, -0.15) is 0 Å². The van der Waals surface area contributed by atoms with Crippen LogP contribution in [-0.2, 0) is 16.0 Å². The number of carbonyl (C=O) groups is 2. The summed E-state index contributed by atoms with van der Waals surface area (Å²) < 4.78 is 0. The Morgan fingerprint density at radius 1 is 1.12 bits per heavy atom. The number of nitrogens with one attached hydrogen (secondary N) is 1. The molecule has 0 atom stereocenters. The summed E-state index contributed by atoms with van der Waals surface area (Å²) in [7, 11) is 0. The first-order chi connectivity index (χ1) is 11.9. The van der Waals surface area contributed by atoms with Crippen molar-refractivity contribution in [3.8, 4) is 0 Å². The van der Waals surface area contributed by atoms with Crippen molar-refractivity contribution < 1.29 is 9.59 Å². The van der Waals surface area contributed by atoms with Crippen LogP contribution in [0, 0.1) is 13.8 Å². The van der Waals surface area contributed by atoms with Gasteiger partial charge in [-0.25, -0.2) is 0 Å². The molecular weight excluding hydrogens is 336 g/mol. The van der Waals surface area contributed by atoms with Crippen molar-refractivity contribution in [3.63, 3.8) is 0 Å². The van der Waals surface area contributed by atoms with Crippen molar-refractivity contribution >= 4 is 29.1 Å². The second-order valence-electron chi connectivity index (χ2n) is 6.12. The number of hydrogen-bond donors (Lipinski definition) is 1. The smallest absolute Gasteiger partial charge is 0.224 e. The normalized spacial score (nSPS) is 10.4. The van der Waals surface area contributed by atoms with E-state index in [1.165, 1.54) is 6.92 Å². The van der Waals surface area contributed by atoms with Gasteiger partial charge in [-0.15, -0.1) is 0 Å². The topological polar surface area (TPSA) is 49.4 Å².